The smallest absolute Gasteiger partial charge is 0.437 e. The van der Waals surface area contributed by atoms with Crippen molar-refractivity contribution in [1.82, 2.24) is 20.4 Å². The molecule has 1 aromatic carbocycles. The Balaban J connectivity index is 1.61. The van der Waals surface area contributed by atoms with Crippen molar-refractivity contribution in [3.63, 3.8) is 0 Å². The van der Waals surface area contributed by atoms with E-state index >= 15 is 0 Å². The normalized spacial score (nSPS) is 20.0. The van der Waals surface area contributed by atoms with Gasteiger partial charge in [-0.15, -0.1) is 4.99 Å². The molecule has 1 saturated carbocycles. The van der Waals surface area contributed by atoms with Gasteiger partial charge in [0.2, 0.25) is 11.8 Å². The Morgan fingerprint density at radius 2 is 1.72 bits per heavy atom. The van der Waals surface area contributed by atoms with Crippen molar-refractivity contribution in [3.05, 3.63) is 29.7 Å². The van der Waals surface area contributed by atoms with Crippen molar-refractivity contribution < 1.29 is 46.6 Å². The molecule has 46 heavy (non-hydrogen) atoms. The summed E-state index contributed by atoms with van der Waals surface area (Å²) >= 11 is 0. The highest BCUT2D eigenvalue weighted by Gasteiger charge is 2.42. The highest BCUT2D eigenvalue weighted by Crippen LogP contribution is 2.40. The van der Waals surface area contributed by atoms with Gasteiger partial charge >= 0.3 is 18.4 Å². The Morgan fingerprint density at radius 3 is 2.35 bits per heavy atom. The molecule has 0 unspecified atom stereocenters. The third kappa shape index (κ3) is 9.56. The Kier molecular flexibility index (Phi) is 10.5. The van der Waals surface area contributed by atoms with Crippen LogP contribution in [0.3, 0.4) is 0 Å². The lowest BCUT2D eigenvalue weighted by Crippen LogP contribution is -2.47. The molecule has 4 rings (SSSR count). The summed E-state index contributed by atoms with van der Waals surface area (Å²) < 4.78 is 63.9. The Bertz CT molecular complexity index is 1410. The van der Waals surface area contributed by atoms with Gasteiger partial charge in [0.05, 0.1) is 18.3 Å². The lowest BCUT2D eigenvalue weighted by molar-refractivity contribution is -0.139. The molecule has 15 heteroatoms. The van der Waals surface area contributed by atoms with Crippen LogP contribution in [0.15, 0.2) is 27.7 Å². The van der Waals surface area contributed by atoms with Crippen LogP contribution in [-0.2, 0) is 15.7 Å². The van der Waals surface area contributed by atoms with Gasteiger partial charge in [0.1, 0.15) is 23.0 Å². The molecule has 0 bridgehead atoms. The number of carbonyl (C=O) groups is 2. The number of aliphatic imine (C=N–C) groups is 1. The van der Waals surface area contributed by atoms with Gasteiger partial charge < -0.3 is 28.7 Å². The largest absolute Gasteiger partial charge is 0.493 e. The predicted molar refractivity (Wildman–Crippen MR) is 160 cm³/mol. The Morgan fingerprint density at radius 1 is 1.04 bits per heavy atom. The summed E-state index contributed by atoms with van der Waals surface area (Å²) in [6.07, 6.45) is -2.57. The molecule has 2 aliphatic rings. The monoisotopic (exact) mass is 653 g/mol. The second-order valence-corrected chi connectivity index (χ2v) is 13.5. The molecule has 2 fully saturated rings. The fourth-order valence-electron chi connectivity index (χ4n) is 5.29. The molecular formula is C31H42F3N5O7. The minimum Gasteiger partial charge on any atom is -0.493 e. The van der Waals surface area contributed by atoms with Gasteiger partial charge in [-0.25, -0.2) is 9.59 Å². The van der Waals surface area contributed by atoms with Crippen molar-refractivity contribution in [2.45, 2.75) is 110 Å². The summed E-state index contributed by atoms with van der Waals surface area (Å²) in [5.74, 6) is -0.704. The van der Waals surface area contributed by atoms with E-state index in [0.717, 1.165) is 38.2 Å². The van der Waals surface area contributed by atoms with E-state index in [1.165, 1.54) is 17.0 Å². The second kappa shape index (κ2) is 13.9. The maximum atomic E-state index is 14.1. The topological polar surface area (TPSA) is 149 Å². The second-order valence-electron chi connectivity index (χ2n) is 13.5. The third-order valence-corrected chi connectivity index (χ3v) is 7.28. The van der Waals surface area contributed by atoms with Gasteiger partial charge in [0, 0.05) is 12.1 Å². The molecule has 0 spiro atoms. The van der Waals surface area contributed by atoms with Crippen LogP contribution in [0.4, 0.5) is 22.8 Å². The maximum Gasteiger partial charge on any atom is 0.437 e. The van der Waals surface area contributed by atoms with Crippen LogP contribution in [-0.4, -0.2) is 68.8 Å². The number of alkyl carbamates (subject to hydrolysis) is 1. The summed E-state index contributed by atoms with van der Waals surface area (Å²) in [4.78, 5) is 34.9. The molecule has 2 N–H and O–H groups in total. The number of halogens is 3. The lowest BCUT2D eigenvalue weighted by atomic mass is 9.90. The molecule has 0 radical (unpaired) electrons. The van der Waals surface area contributed by atoms with Crippen molar-refractivity contribution in [3.8, 4) is 17.1 Å². The number of nitrogens with one attached hydrogen (secondary N) is 1. The Hall–Kier alpha value is -3.88. The van der Waals surface area contributed by atoms with Crippen LogP contribution in [0, 0.1) is 5.92 Å². The fourth-order valence-corrected chi connectivity index (χ4v) is 5.29. The maximum absolute atomic E-state index is 14.1. The summed E-state index contributed by atoms with van der Waals surface area (Å²) in [6, 6.07) is 2.43. The molecular weight excluding hydrogens is 611 g/mol. The van der Waals surface area contributed by atoms with E-state index in [0.29, 0.717) is 0 Å². The SMILES string of the molecule is CC(C)(C)OC(=O)/N=C(\NC(=O)OC(C)(C)C)N1CC[C@H](O)[C@H]1c1nc(-c2ccc(OCC3CCCCC3)c(C(F)(F)F)c2)no1. The lowest BCUT2D eigenvalue weighted by Gasteiger charge is -2.28. The van der Waals surface area contributed by atoms with Gasteiger partial charge in [-0.2, -0.15) is 18.2 Å². The Labute approximate surface area is 265 Å². The van der Waals surface area contributed by atoms with Crippen molar-refractivity contribution in [2.75, 3.05) is 13.2 Å². The van der Waals surface area contributed by atoms with Gasteiger partial charge in [0.15, 0.2) is 0 Å². The summed E-state index contributed by atoms with van der Waals surface area (Å²) in [5, 5.41) is 17.2. The zero-order valence-corrected chi connectivity index (χ0v) is 26.9. The highest BCUT2D eigenvalue weighted by atomic mass is 19.4. The number of nitrogens with zero attached hydrogens (tertiary/aromatic N) is 4. The average Bonchev–Trinajstić information content (AvgIpc) is 3.56. The molecule has 2 aromatic rings. The molecule has 2 amide bonds. The van der Waals surface area contributed by atoms with Crippen LogP contribution in [0.1, 0.15) is 97.6 Å². The standard InChI is InChI=1S/C31H42F3N5O7/c1-29(2,3)44-27(41)36-26(37-28(42)45-30(4,5)6)39-15-14-21(40)23(39)25-35-24(38-46-25)19-12-13-22(20(16-19)31(32,33)34)43-17-18-10-8-7-9-11-18/h12-13,16,18,21,23,40H,7-11,14-15,17H2,1-6H3,(H,36,37,41,42)/t21-,23-/m0/s1. The first-order valence-electron chi connectivity index (χ1n) is 15.3. The first kappa shape index (κ1) is 35.0. The van der Waals surface area contributed by atoms with Crippen LogP contribution in [0.25, 0.3) is 11.4 Å². The van der Waals surface area contributed by atoms with Gasteiger partial charge in [-0.1, -0.05) is 24.4 Å². The zero-order valence-electron chi connectivity index (χ0n) is 26.9. The fraction of sp³-hybridized carbons (Fsp3) is 0.645. The van der Waals surface area contributed by atoms with Crippen LogP contribution in [0.5, 0.6) is 5.75 Å². The number of hydrogen-bond acceptors (Lipinski definition) is 9. The number of aromatic nitrogens is 2. The van der Waals surface area contributed by atoms with Gasteiger partial charge in [-0.3, -0.25) is 5.32 Å². The van der Waals surface area contributed by atoms with E-state index in [1.54, 1.807) is 41.5 Å². The number of alkyl halides is 3. The number of benzene rings is 1. The molecule has 1 aliphatic carbocycles. The number of rotatable bonds is 5. The third-order valence-electron chi connectivity index (χ3n) is 7.28. The van der Waals surface area contributed by atoms with E-state index in [9.17, 15) is 27.9 Å². The van der Waals surface area contributed by atoms with Crippen molar-refractivity contribution in [1.29, 1.82) is 0 Å². The molecule has 2 atom stereocenters. The van der Waals surface area contributed by atoms with Crippen LogP contribution >= 0.6 is 0 Å². The summed E-state index contributed by atoms with van der Waals surface area (Å²) in [7, 11) is 0. The average molecular weight is 654 g/mol. The predicted octanol–water partition coefficient (Wildman–Crippen LogP) is 6.64. The number of likely N-dealkylation sites (tertiary alicyclic amines) is 1. The number of aliphatic hydroxyl groups excluding tert-OH is 1. The number of guanidine groups is 1. The van der Waals surface area contributed by atoms with E-state index in [1.807, 2.05) is 0 Å². The number of ether oxygens (including phenoxy) is 3. The van der Waals surface area contributed by atoms with E-state index in [2.05, 4.69) is 20.4 Å². The molecule has 12 nitrogen and oxygen atoms in total. The zero-order chi connectivity index (χ0) is 33.9. The minimum atomic E-state index is -4.71. The highest BCUT2D eigenvalue weighted by molar-refractivity contribution is 5.99. The summed E-state index contributed by atoms with van der Waals surface area (Å²) in [6.45, 7) is 10.2. The first-order chi connectivity index (χ1) is 21.4. The van der Waals surface area contributed by atoms with Crippen LogP contribution < -0.4 is 10.1 Å². The number of aliphatic hydroxyl groups is 1. The minimum absolute atomic E-state index is 0.0147. The van der Waals surface area contributed by atoms with Crippen molar-refractivity contribution in [2.24, 2.45) is 10.9 Å². The number of carbonyl (C=O) groups excluding carboxylic acids is 2. The molecule has 254 valence electrons. The summed E-state index contributed by atoms with van der Waals surface area (Å²) in [5.41, 5.74) is -2.73. The van der Waals surface area contributed by atoms with Gasteiger partial charge in [-0.05, 0) is 84.9 Å². The number of amides is 2. The van der Waals surface area contributed by atoms with Gasteiger partial charge in [0.25, 0.3) is 5.89 Å². The van der Waals surface area contributed by atoms with E-state index in [4.69, 9.17) is 18.7 Å². The molecule has 1 aliphatic heterocycles. The molecule has 1 saturated heterocycles. The van der Waals surface area contributed by atoms with Crippen molar-refractivity contribution >= 4 is 18.1 Å². The molecule has 1 aromatic heterocycles. The van der Waals surface area contributed by atoms with E-state index in [-0.39, 0.29) is 54.5 Å². The van der Waals surface area contributed by atoms with Crippen LogP contribution in [0.2, 0.25) is 0 Å². The molecule has 2 heterocycles. The quantitative estimate of drug-likeness (QED) is 0.266. The van der Waals surface area contributed by atoms with E-state index < -0.39 is 47.3 Å². The first-order valence-corrected chi connectivity index (χ1v) is 15.3. The number of hydrogen-bond donors (Lipinski definition) is 2.